The highest BCUT2D eigenvalue weighted by atomic mass is 16.5. The summed E-state index contributed by atoms with van der Waals surface area (Å²) in [5, 5.41) is 30.9. The van der Waals surface area contributed by atoms with Crippen molar-refractivity contribution in [3.8, 4) is 23.0 Å². The number of phenolic OH excluding ortho intramolecular Hbond substituents is 2. The van der Waals surface area contributed by atoms with E-state index in [9.17, 15) is 24.9 Å². The number of nitrogens with one attached hydrogen (secondary N) is 1. The Bertz CT molecular complexity index is 850. The number of rotatable bonds is 8. The fraction of sp³-hybridized carbons (Fsp3) is 0.200. The highest BCUT2D eigenvalue weighted by Crippen LogP contribution is 2.37. The predicted octanol–water partition coefficient (Wildman–Crippen LogP) is 1.94. The lowest BCUT2D eigenvalue weighted by Crippen LogP contribution is -2.41. The van der Waals surface area contributed by atoms with Gasteiger partial charge in [0.2, 0.25) is 11.7 Å². The Morgan fingerprint density at radius 2 is 1.64 bits per heavy atom. The molecule has 0 saturated heterocycles. The number of hydrogen-bond donors (Lipinski definition) is 4. The van der Waals surface area contributed by atoms with Gasteiger partial charge < -0.3 is 30.1 Å². The van der Waals surface area contributed by atoms with Gasteiger partial charge in [-0.05, 0) is 41.5 Å². The monoisotopic (exact) mass is 387 g/mol. The maximum atomic E-state index is 12.1. The second kappa shape index (κ2) is 9.31. The molecule has 0 fully saturated rings. The fourth-order valence-corrected chi connectivity index (χ4v) is 2.47. The maximum absolute atomic E-state index is 12.1. The van der Waals surface area contributed by atoms with Crippen LogP contribution in [0.4, 0.5) is 0 Å². The van der Waals surface area contributed by atoms with Crippen molar-refractivity contribution in [2.75, 3.05) is 14.2 Å². The molecular formula is C20H21NO7. The molecule has 0 aliphatic carbocycles. The minimum Gasteiger partial charge on any atom is -0.508 e. The number of phenols is 2. The van der Waals surface area contributed by atoms with Crippen molar-refractivity contribution in [1.82, 2.24) is 5.32 Å². The Hall–Kier alpha value is -3.68. The molecule has 4 N–H and O–H groups in total. The number of methoxy groups -OCH3 is 2. The molecule has 8 heteroatoms. The second-order valence-electron chi connectivity index (χ2n) is 5.88. The molecule has 8 nitrogen and oxygen atoms in total. The summed E-state index contributed by atoms with van der Waals surface area (Å²) in [4.78, 5) is 23.6. The van der Waals surface area contributed by atoms with E-state index in [4.69, 9.17) is 9.47 Å². The summed E-state index contributed by atoms with van der Waals surface area (Å²) in [6, 6.07) is 7.94. The van der Waals surface area contributed by atoms with Crippen molar-refractivity contribution in [2.45, 2.75) is 12.5 Å². The standard InChI is InChI=1S/C20H21NO7/c1-27-16-10-13(11-17(28-2)19(16)24)5-8-18(23)21-15(20(25)26)9-12-3-6-14(22)7-4-12/h3-8,10-11,15,22,24H,9H2,1-2H3,(H,21,23)(H,25,26)/b8-5+/t15-/m0/s1. The zero-order valence-electron chi connectivity index (χ0n) is 15.4. The summed E-state index contributed by atoms with van der Waals surface area (Å²) in [6.07, 6.45) is 2.69. The summed E-state index contributed by atoms with van der Waals surface area (Å²) in [6.45, 7) is 0. The van der Waals surface area contributed by atoms with Crippen molar-refractivity contribution in [1.29, 1.82) is 0 Å². The van der Waals surface area contributed by atoms with E-state index in [0.717, 1.165) is 0 Å². The molecule has 148 valence electrons. The molecule has 2 aromatic rings. The molecule has 2 aromatic carbocycles. The highest BCUT2D eigenvalue weighted by molar-refractivity contribution is 5.94. The van der Waals surface area contributed by atoms with Crippen LogP contribution in [-0.2, 0) is 16.0 Å². The van der Waals surface area contributed by atoms with Gasteiger partial charge in [-0.3, -0.25) is 4.79 Å². The average molecular weight is 387 g/mol. The number of carboxylic acids is 1. The van der Waals surface area contributed by atoms with Gasteiger partial charge in [-0.15, -0.1) is 0 Å². The van der Waals surface area contributed by atoms with Crippen LogP contribution in [0.3, 0.4) is 0 Å². The summed E-state index contributed by atoms with van der Waals surface area (Å²) in [7, 11) is 2.77. The molecule has 2 rings (SSSR count). The largest absolute Gasteiger partial charge is 0.508 e. The molecule has 0 aliphatic rings. The van der Waals surface area contributed by atoms with Crippen LogP contribution in [0, 0.1) is 0 Å². The Kier molecular flexibility index (Phi) is 6.86. The molecule has 0 unspecified atom stereocenters. The van der Waals surface area contributed by atoms with Gasteiger partial charge in [-0.2, -0.15) is 0 Å². The lowest BCUT2D eigenvalue weighted by Gasteiger charge is -2.13. The number of benzene rings is 2. The lowest BCUT2D eigenvalue weighted by molar-refractivity contribution is -0.141. The van der Waals surface area contributed by atoms with Gasteiger partial charge in [0.25, 0.3) is 0 Å². The van der Waals surface area contributed by atoms with Crippen LogP contribution in [0.1, 0.15) is 11.1 Å². The van der Waals surface area contributed by atoms with E-state index in [1.54, 1.807) is 12.1 Å². The smallest absolute Gasteiger partial charge is 0.326 e. The minimum atomic E-state index is -1.18. The van der Waals surface area contributed by atoms with Gasteiger partial charge in [0.15, 0.2) is 11.5 Å². The third kappa shape index (κ3) is 5.41. The molecule has 0 spiro atoms. The van der Waals surface area contributed by atoms with Crippen LogP contribution in [0.25, 0.3) is 6.08 Å². The summed E-state index contributed by atoms with van der Waals surface area (Å²) in [5.74, 6) is -1.51. The Balaban J connectivity index is 2.10. The van der Waals surface area contributed by atoms with Crippen molar-refractivity contribution in [2.24, 2.45) is 0 Å². The van der Waals surface area contributed by atoms with E-state index >= 15 is 0 Å². The Morgan fingerprint density at radius 3 is 2.14 bits per heavy atom. The number of carbonyl (C=O) groups is 2. The quantitative estimate of drug-likeness (QED) is 0.510. The van der Waals surface area contributed by atoms with Gasteiger partial charge in [-0.25, -0.2) is 4.79 Å². The highest BCUT2D eigenvalue weighted by Gasteiger charge is 2.19. The third-order valence-electron chi connectivity index (χ3n) is 3.92. The van der Waals surface area contributed by atoms with E-state index in [-0.39, 0.29) is 29.4 Å². The summed E-state index contributed by atoms with van der Waals surface area (Å²) in [5.41, 5.74) is 1.18. The zero-order valence-corrected chi connectivity index (χ0v) is 15.4. The first kappa shape index (κ1) is 20.6. The Labute approximate surface area is 161 Å². The minimum absolute atomic E-state index is 0.0655. The SMILES string of the molecule is COc1cc(/C=C/C(=O)N[C@@H](Cc2ccc(O)cc2)C(=O)O)cc(OC)c1O. The normalized spacial score (nSPS) is 11.8. The van der Waals surface area contributed by atoms with Gasteiger partial charge in [0.05, 0.1) is 14.2 Å². The summed E-state index contributed by atoms with van der Waals surface area (Å²) >= 11 is 0. The molecule has 0 aromatic heterocycles. The molecule has 0 saturated carbocycles. The first-order chi connectivity index (χ1) is 13.3. The van der Waals surface area contributed by atoms with E-state index in [1.165, 1.54) is 50.6 Å². The number of hydrogen-bond acceptors (Lipinski definition) is 6. The van der Waals surface area contributed by atoms with Crippen LogP contribution in [0.5, 0.6) is 23.0 Å². The number of aromatic hydroxyl groups is 2. The molecule has 0 bridgehead atoms. The number of amides is 1. The third-order valence-corrected chi connectivity index (χ3v) is 3.92. The van der Waals surface area contributed by atoms with Crippen LogP contribution in [0.15, 0.2) is 42.5 Å². The predicted molar refractivity (Wildman–Crippen MR) is 102 cm³/mol. The summed E-state index contributed by atoms with van der Waals surface area (Å²) < 4.78 is 10.1. The van der Waals surface area contributed by atoms with Gasteiger partial charge in [0, 0.05) is 12.5 Å². The lowest BCUT2D eigenvalue weighted by atomic mass is 10.1. The number of carboxylic acid groups (broad SMARTS) is 1. The number of ether oxygens (including phenoxy) is 2. The van der Waals surface area contributed by atoms with E-state index in [0.29, 0.717) is 11.1 Å². The first-order valence-electron chi connectivity index (χ1n) is 8.28. The number of carbonyl (C=O) groups excluding carboxylic acids is 1. The van der Waals surface area contributed by atoms with Crippen LogP contribution < -0.4 is 14.8 Å². The fourth-order valence-electron chi connectivity index (χ4n) is 2.47. The van der Waals surface area contributed by atoms with Crippen molar-refractivity contribution < 1.29 is 34.4 Å². The van der Waals surface area contributed by atoms with Crippen LogP contribution >= 0.6 is 0 Å². The van der Waals surface area contributed by atoms with Crippen LogP contribution in [0.2, 0.25) is 0 Å². The van der Waals surface area contributed by atoms with Gasteiger partial charge >= 0.3 is 5.97 Å². The molecular weight excluding hydrogens is 366 g/mol. The van der Waals surface area contributed by atoms with E-state index in [2.05, 4.69) is 5.32 Å². The molecule has 1 amide bonds. The molecule has 0 radical (unpaired) electrons. The number of aliphatic carboxylic acids is 1. The molecule has 28 heavy (non-hydrogen) atoms. The van der Waals surface area contributed by atoms with Gasteiger partial charge in [-0.1, -0.05) is 12.1 Å². The first-order valence-corrected chi connectivity index (χ1v) is 8.28. The topological polar surface area (TPSA) is 125 Å². The zero-order chi connectivity index (χ0) is 20.7. The Morgan fingerprint density at radius 1 is 1.07 bits per heavy atom. The van der Waals surface area contributed by atoms with Crippen LogP contribution in [-0.4, -0.2) is 47.5 Å². The van der Waals surface area contributed by atoms with Crippen molar-refractivity contribution in [3.05, 3.63) is 53.6 Å². The molecule has 0 aliphatic heterocycles. The second-order valence-corrected chi connectivity index (χ2v) is 5.88. The van der Waals surface area contributed by atoms with E-state index in [1.807, 2.05) is 0 Å². The van der Waals surface area contributed by atoms with Crippen molar-refractivity contribution in [3.63, 3.8) is 0 Å². The van der Waals surface area contributed by atoms with E-state index < -0.39 is 17.9 Å². The van der Waals surface area contributed by atoms with Crippen molar-refractivity contribution >= 4 is 18.0 Å². The molecule has 0 heterocycles. The maximum Gasteiger partial charge on any atom is 0.326 e. The average Bonchev–Trinajstić information content (AvgIpc) is 2.68. The molecule has 1 atom stereocenters. The van der Waals surface area contributed by atoms with Gasteiger partial charge in [0.1, 0.15) is 11.8 Å².